The Morgan fingerprint density at radius 1 is 1.67 bits per heavy atom. The number of hydroxylamine groups is 1. The van der Waals surface area contributed by atoms with Crippen LogP contribution in [0.1, 0.15) is 0 Å². The van der Waals surface area contributed by atoms with Crippen LogP contribution in [0.3, 0.4) is 0 Å². The number of halogens is 1. The molecule has 0 aromatic rings. The van der Waals surface area contributed by atoms with Gasteiger partial charge in [-0.3, -0.25) is 15.7 Å². The van der Waals surface area contributed by atoms with E-state index in [2.05, 4.69) is 4.99 Å². The summed E-state index contributed by atoms with van der Waals surface area (Å²) in [6.45, 7) is 1.70. The second-order valence-corrected chi connectivity index (χ2v) is 1.49. The summed E-state index contributed by atoms with van der Waals surface area (Å²) >= 11 is 0. The minimum absolute atomic E-state index is 0. The molecule has 0 radical (unpaired) electrons. The van der Waals surface area contributed by atoms with Crippen LogP contribution < -0.4 is 5.48 Å². The summed E-state index contributed by atoms with van der Waals surface area (Å²) in [5.74, 6) is 0.510. The summed E-state index contributed by atoms with van der Waals surface area (Å²) in [4.78, 5) is 3.88. The molecule has 1 aliphatic rings. The molecule has 9 heavy (non-hydrogen) atoms. The SMILES string of the molecule is Cl.ONC1=NCCOC1. The first-order chi connectivity index (χ1) is 3.93. The predicted octanol–water partition coefficient (Wildman–Crippen LogP) is -0.184. The third kappa shape index (κ3) is 2.64. The zero-order chi connectivity index (χ0) is 5.82. The second kappa shape index (κ2) is 4.55. The maximum Gasteiger partial charge on any atom is 0.147 e. The van der Waals surface area contributed by atoms with Crippen molar-refractivity contribution in [2.24, 2.45) is 4.99 Å². The van der Waals surface area contributed by atoms with Gasteiger partial charge in [-0.05, 0) is 0 Å². The van der Waals surface area contributed by atoms with E-state index in [-0.39, 0.29) is 12.4 Å². The van der Waals surface area contributed by atoms with Crippen LogP contribution in [-0.2, 0) is 4.74 Å². The van der Waals surface area contributed by atoms with Gasteiger partial charge in [-0.25, -0.2) is 0 Å². The normalized spacial score (nSPS) is 17.7. The van der Waals surface area contributed by atoms with E-state index in [9.17, 15) is 0 Å². The zero-order valence-electron chi connectivity index (χ0n) is 4.83. The molecule has 1 rings (SSSR count). The summed E-state index contributed by atoms with van der Waals surface area (Å²) in [5.41, 5.74) is 1.93. The number of aliphatic imine (C=N–C) groups is 1. The van der Waals surface area contributed by atoms with Crippen molar-refractivity contribution in [3.63, 3.8) is 0 Å². The van der Waals surface area contributed by atoms with Gasteiger partial charge in [0.15, 0.2) is 0 Å². The van der Waals surface area contributed by atoms with Crippen molar-refractivity contribution in [1.82, 2.24) is 5.48 Å². The average Bonchev–Trinajstić information content (AvgIpc) is 1.90. The molecule has 0 saturated heterocycles. The molecule has 5 heteroatoms. The molecule has 0 bridgehead atoms. The molecule has 54 valence electrons. The highest BCUT2D eigenvalue weighted by atomic mass is 35.5. The maximum absolute atomic E-state index is 8.23. The van der Waals surface area contributed by atoms with Crippen molar-refractivity contribution >= 4 is 18.2 Å². The van der Waals surface area contributed by atoms with Crippen molar-refractivity contribution in [2.75, 3.05) is 19.8 Å². The summed E-state index contributed by atoms with van der Waals surface area (Å²) < 4.78 is 4.92. The molecular formula is C4H9ClN2O2. The van der Waals surface area contributed by atoms with E-state index < -0.39 is 0 Å². The van der Waals surface area contributed by atoms with Crippen molar-refractivity contribution in [2.45, 2.75) is 0 Å². The van der Waals surface area contributed by atoms with Gasteiger partial charge in [0.25, 0.3) is 0 Å². The number of hydrogen-bond acceptors (Lipinski definition) is 4. The first kappa shape index (κ1) is 8.68. The Kier molecular flexibility index (Phi) is 4.39. The first-order valence-corrected chi connectivity index (χ1v) is 2.44. The van der Waals surface area contributed by atoms with Crippen LogP contribution in [0.4, 0.5) is 0 Å². The zero-order valence-corrected chi connectivity index (χ0v) is 5.65. The van der Waals surface area contributed by atoms with E-state index in [0.717, 1.165) is 0 Å². The summed E-state index contributed by atoms with van der Waals surface area (Å²) in [7, 11) is 0. The van der Waals surface area contributed by atoms with Crippen molar-refractivity contribution in [3.8, 4) is 0 Å². The summed E-state index contributed by atoms with van der Waals surface area (Å²) in [6, 6.07) is 0. The predicted molar refractivity (Wildman–Crippen MR) is 35.3 cm³/mol. The molecule has 2 N–H and O–H groups in total. The number of nitrogens with one attached hydrogen (secondary N) is 1. The van der Waals surface area contributed by atoms with E-state index in [1.807, 2.05) is 5.48 Å². The van der Waals surface area contributed by atoms with Gasteiger partial charge in [0.1, 0.15) is 12.4 Å². The van der Waals surface area contributed by atoms with E-state index >= 15 is 0 Å². The third-order valence-corrected chi connectivity index (χ3v) is 0.906. The molecule has 0 aromatic carbocycles. The topological polar surface area (TPSA) is 53.8 Å². The largest absolute Gasteiger partial charge is 0.372 e. The molecule has 1 heterocycles. The van der Waals surface area contributed by atoms with Crippen LogP contribution in [0.25, 0.3) is 0 Å². The summed E-state index contributed by atoms with van der Waals surface area (Å²) in [6.07, 6.45) is 0. The first-order valence-electron chi connectivity index (χ1n) is 2.44. The molecule has 0 saturated carbocycles. The lowest BCUT2D eigenvalue weighted by atomic mass is 10.5. The molecule has 0 atom stereocenters. The third-order valence-electron chi connectivity index (χ3n) is 0.906. The van der Waals surface area contributed by atoms with Gasteiger partial charge in [0.2, 0.25) is 0 Å². The van der Waals surface area contributed by atoms with E-state index in [4.69, 9.17) is 9.94 Å². The molecule has 0 amide bonds. The monoisotopic (exact) mass is 152 g/mol. The van der Waals surface area contributed by atoms with Gasteiger partial charge >= 0.3 is 0 Å². The average molecular weight is 153 g/mol. The van der Waals surface area contributed by atoms with E-state index in [1.165, 1.54) is 0 Å². The molecule has 0 aliphatic carbocycles. The minimum Gasteiger partial charge on any atom is -0.372 e. The molecule has 4 nitrogen and oxygen atoms in total. The fraction of sp³-hybridized carbons (Fsp3) is 0.750. The van der Waals surface area contributed by atoms with Gasteiger partial charge < -0.3 is 4.74 Å². The number of hydrogen-bond donors (Lipinski definition) is 2. The molecule has 0 aromatic heterocycles. The van der Waals surface area contributed by atoms with Crippen LogP contribution >= 0.6 is 12.4 Å². The minimum atomic E-state index is 0. The van der Waals surface area contributed by atoms with Crippen LogP contribution in [0.5, 0.6) is 0 Å². The quantitative estimate of drug-likeness (QED) is 0.474. The van der Waals surface area contributed by atoms with E-state index in [0.29, 0.717) is 25.6 Å². The van der Waals surface area contributed by atoms with Gasteiger partial charge in [0, 0.05) is 0 Å². The highest BCUT2D eigenvalue weighted by Gasteiger charge is 2.00. The molecule has 1 aliphatic heterocycles. The Balaban J connectivity index is 0.000000640. The lowest BCUT2D eigenvalue weighted by Crippen LogP contribution is -2.29. The molecule has 0 fully saturated rings. The standard InChI is InChI=1S/C4H8N2O2.ClH/c7-6-4-3-8-2-1-5-4;/h7H,1-3H2,(H,5,6);1H. The molecular weight excluding hydrogens is 144 g/mol. The maximum atomic E-state index is 8.23. The number of nitrogens with zero attached hydrogens (tertiary/aromatic N) is 1. The molecule has 0 unspecified atom stereocenters. The fourth-order valence-corrected chi connectivity index (χ4v) is 0.527. The number of rotatable bonds is 0. The van der Waals surface area contributed by atoms with Crippen molar-refractivity contribution < 1.29 is 9.94 Å². The highest BCUT2D eigenvalue weighted by molar-refractivity contribution is 5.85. The molecule has 0 spiro atoms. The Hall–Kier alpha value is -0.320. The van der Waals surface area contributed by atoms with Crippen molar-refractivity contribution in [1.29, 1.82) is 0 Å². The second-order valence-electron chi connectivity index (χ2n) is 1.49. The van der Waals surface area contributed by atoms with Gasteiger partial charge in [-0.1, -0.05) is 0 Å². The smallest absolute Gasteiger partial charge is 0.147 e. The highest BCUT2D eigenvalue weighted by Crippen LogP contribution is 1.86. The Labute approximate surface area is 59.3 Å². The van der Waals surface area contributed by atoms with Crippen LogP contribution in [0.2, 0.25) is 0 Å². The van der Waals surface area contributed by atoms with Gasteiger partial charge in [0.05, 0.1) is 13.2 Å². The number of amidine groups is 1. The Morgan fingerprint density at radius 3 is 2.78 bits per heavy atom. The van der Waals surface area contributed by atoms with Gasteiger partial charge in [-0.2, -0.15) is 0 Å². The fourth-order valence-electron chi connectivity index (χ4n) is 0.527. The van der Waals surface area contributed by atoms with Crippen LogP contribution in [0.15, 0.2) is 4.99 Å². The van der Waals surface area contributed by atoms with Crippen molar-refractivity contribution in [3.05, 3.63) is 0 Å². The lowest BCUT2D eigenvalue weighted by molar-refractivity contribution is 0.149. The van der Waals surface area contributed by atoms with Crippen LogP contribution in [0, 0.1) is 0 Å². The van der Waals surface area contributed by atoms with Crippen LogP contribution in [-0.4, -0.2) is 30.8 Å². The van der Waals surface area contributed by atoms with Gasteiger partial charge in [-0.15, -0.1) is 12.4 Å². The number of ether oxygens (including phenoxy) is 1. The lowest BCUT2D eigenvalue weighted by Gasteiger charge is -2.09. The Morgan fingerprint density at radius 2 is 2.44 bits per heavy atom. The van der Waals surface area contributed by atoms with E-state index in [1.54, 1.807) is 0 Å². The summed E-state index contributed by atoms with van der Waals surface area (Å²) in [5, 5.41) is 8.23. The Bertz CT molecular complexity index is 107.